The third-order valence-electron chi connectivity index (χ3n) is 3.53. The number of benzene rings is 1. The molecule has 2 aromatic rings. The first kappa shape index (κ1) is 18.3. The van der Waals surface area contributed by atoms with Crippen LogP contribution >= 0.6 is 11.8 Å². The summed E-state index contributed by atoms with van der Waals surface area (Å²) in [6, 6.07) is 5.87. The number of aromatic amines is 1. The third kappa shape index (κ3) is 4.72. The van der Waals surface area contributed by atoms with Gasteiger partial charge in [-0.15, -0.1) is 5.10 Å². The fraction of sp³-hybridized carbons (Fsp3) is 0.438. The van der Waals surface area contributed by atoms with Crippen LogP contribution in [0.2, 0.25) is 0 Å². The molecule has 24 heavy (non-hydrogen) atoms. The van der Waals surface area contributed by atoms with E-state index in [0.717, 1.165) is 16.8 Å². The molecule has 0 fully saturated rings. The largest absolute Gasteiger partial charge is 0.385 e. The minimum absolute atomic E-state index is 0.128. The van der Waals surface area contributed by atoms with Gasteiger partial charge in [-0.25, -0.2) is 9.89 Å². The van der Waals surface area contributed by atoms with E-state index in [4.69, 9.17) is 4.74 Å². The number of thioether (sulfide) groups is 1. The topological polar surface area (TPSA) is 89.0 Å². The lowest BCUT2D eigenvalue weighted by molar-refractivity contribution is -0.113. The Labute approximate surface area is 144 Å². The lowest BCUT2D eigenvalue weighted by atomic mass is 10.1. The van der Waals surface area contributed by atoms with Gasteiger partial charge in [0.1, 0.15) is 0 Å². The lowest BCUT2D eigenvalue weighted by Gasteiger charge is -2.11. The highest BCUT2D eigenvalue weighted by Gasteiger charge is 2.12. The molecule has 0 saturated heterocycles. The van der Waals surface area contributed by atoms with Crippen LogP contribution in [0.4, 0.5) is 5.69 Å². The Morgan fingerprint density at radius 2 is 2.08 bits per heavy atom. The number of H-pyrrole nitrogens is 1. The van der Waals surface area contributed by atoms with Crippen molar-refractivity contribution in [2.24, 2.45) is 0 Å². The first-order chi connectivity index (χ1) is 11.5. The van der Waals surface area contributed by atoms with Crippen LogP contribution in [0.1, 0.15) is 17.5 Å². The zero-order valence-corrected chi connectivity index (χ0v) is 14.9. The summed E-state index contributed by atoms with van der Waals surface area (Å²) >= 11 is 1.23. The second-order valence-electron chi connectivity index (χ2n) is 5.41. The number of nitrogens with zero attached hydrogens (tertiary/aromatic N) is 2. The molecule has 1 aromatic heterocycles. The summed E-state index contributed by atoms with van der Waals surface area (Å²) in [4.78, 5) is 23.9. The first-order valence-electron chi connectivity index (χ1n) is 7.66. The van der Waals surface area contributed by atoms with Gasteiger partial charge in [0, 0.05) is 25.9 Å². The van der Waals surface area contributed by atoms with Crippen LogP contribution in [-0.4, -0.2) is 40.1 Å². The van der Waals surface area contributed by atoms with Gasteiger partial charge in [-0.3, -0.25) is 9.36 Å². The van der Waals surface area contributed by atoms with Crippen LogP contribution in [0.25, 0.3) is 0 Å². The fourth-order valence-electron chi connectivity index (χ4n) is 2.29. The van der Waals surface area contributed by atoms with E-state index in [1.165, 1.54) is 16.3 Å². The number of amides is 1. The molecule has 0 unspecified atom stereocenters. The molecular weight excluding hydrogens is 328 g/mol. The number of anilines is 1. The third-order valence-corrected chi connectivity index (χ3v) is 4.51. The number of hydrogen-bond acceptors (Lipinski definition) is 5. The number of methoxy groups -OCH3 is 1. The maximum absolute atomic E-state index is 12.2. The highest BCUT2D eigenvalue weighted by Crippen LogP contribution is 2.20. The molecule has 0 atom stereocenters. The summed E-state index contributed by atoms with van der Waals surface area (Å²) in [7, 11) is 1.62. The number of nitrogens with one attached hydrogen (secondary N) is 2. The van der Waals surface area contributed by atoms with Crippen LogP contribution in [0, 0.1) is 13.8 Å². The standard InChI is InChI=1S/C16H22N4O3S/c1-11-6-4-7-12(2)14(11)17-13(21)10-24-16-19-18-15(22)20(16)8-5-9-23-3/h4,6-7H,5,8-10H2,1-3H3,(H,17,21)(H,18,22). The molecule has 0 bridgehead atoms. The van der Waals surface area contributed by atoms with Crippen molar-refractivity contribution < 1.29 is 9.53 Å². The maximum atomic E-state index is 12.2. The monoisotopic (exact) mass is 350 g/mol. The number of aromatic nitrogens is 3. The maximum Gasteiger partial charge on any atom is 0.343 e. The van der Waals surface area contributed by atoms with Gasteiger partial charge in [-0.05, 0) is 31.4 Å². The van der Waals surface area contributed by atoms with E-state index in [9.17, 15) is 9.59 Å². The molecule has 7 nitrogen and oxygen atoms in total. The molecule has 0 radical (unpaired) electrons. The molecule has 2 N–H and O–H groups in total. The van der Waals surface area contributed by atoms with Crippen molar-refractivity contribution >= 4 is 23.4 Å². The average Bonchev–Trinajstić information content (AvgIpc) is 2.90. The Hall–Kier alpha value is -2.06. The van der Waals surface area contributed by atoms with Gasteiger partial charge < -0.3 is 10.1 Å². The first-order valence-corrected chi connectivity index (χ1v) is 8.64. The van der Waals surface area contributed by atoms with Crippen LogP contribution in [0.15, 0.2) is 28.2 Å². The van der Waals surface area contributed by atoms with Crippen LogP contribution in [-0.2, 0) is 16.1 Å². The van der Waals surface area contributed by atoms with E-state index in [-0.39, 0.29) is 17.3 Å². The number of carbonyl (C=O) groups excluding carboxylic acids is 1. The van der Waals surface area contributed by atoms with Gasteiger partial charge in [0.15, 0.2) is 5.16 Å². The van der Waals surface area contributed by atoms with E-state index < -0.39 is 0 Å². The Bertz CT molecular complexity index is 734. The highest BCUT2D eigenvalue weighted by atomic mass is 32.2. The molecule has 0 spiro atoms. The number of rotatable bonds is 8. The zero-order chi connectivity index (χ0) is 17.5. The van der Waals surface area contributed by atoms with Crippen molar-refractivity contribution in [3.63, 3.8) is 0 Å². The van der Waals surface area contributed by atoms with Crippen molar-refractivity contribution in [3.05, 3.63) is 39.8 Å². The number of carbonyl (C=O) groups is 1. The minimum atomic E-state index is -0.274. The molecule has 0 aliphatic carbocycles. The fourth-order valence-corrected chi connectivity index (χ4v) is 3.07. The van der Waals surface area contributed by atoms with Gasteiger partial charge in [0.25, 0.3) is 0 Å². The SMILES string of the molecule is COCCCn1c(SCC(=O)Nc2c(C)cccc2C)n[nH]c1=O. The molecule has 8 heteroatoms. The molecule has 0 saturated carbocycles. The summed E-state index contributed by atoms with van der Waals surface area (Å²) in [6.45, 7) is 4.98. The quantitative estimate of drug-likeness (QED) is 0.561. The molecule has 1 amide bonds. The van der Waals surface area contributed by atoms with E-state index >= 15 is 0 Å². The van der Waals surface area contributed by atoms with Gasteiger partial charge in [0.2, 0.25) is 5.91 Å². The molecule has 2 rings (SSSR count). The molecule has 1 heterocycles. The Morgan fingerprint density at radius 1 is 1.38 bits per heavy atom. The van der Waals surface area contributed by atoms with Gasteiger partial charge in [-0.2, -0.15) is 0 Å². The van der Waals surface area contributed by atoms with Gasteiger partial charge in [-0.1, -0.05) is 30.0 Å². The van der Waals surface area contributed by atoms with Crippen molar-refractivity contribution in [2.75, 3.05) is 24.8 Å². The Balaban J connectivity index is 1.96. The number of hydrogen-bond donors (Lipinski definition) is 2. The van der Waals surface area contributed by atoms with E-state index in [2.05, 4.69) is 15.5 Å². The molecule has 1 aromatic carbocycles. The average molecular weight is 350 g/mol. The highest BCUT2D eigenvalue weighted by molar-refractivity contribution is 7.99. The predicted molar refractivity (Wildman–Crippen MR) is 94.6 cm³/mol. The van der Waals surface area contributed by atoms with E-state index in [1.807, 2.05) is 32.0 Å². The van der Waals surface area contributed by atoms with Gasteiger partial charge in [0.05, 0.1) is 5.75 Å². The van der Waals surface area contributed by atoms with Crippen molar-refractivity contribution in [1.29, 1.82) is 0 Å². The molecule has 130 valence electrons. The summed E-state index contributed by atoms with van der Waals surface area (Å²) in [6.07, 6.45) is 0.706. The zero-order valence-electron chi connectivity index (χ0n) is 14.1. The van der Waals surface area contributed by atoms with Crippen LogP contribution in [0.3, 0.4) is 0 Å². The molecule has 0 aliphatic heterocycles. The molecular formula is C16H22N4O3S. The smallest absolute Gasteiger partial charge is 0.343 e. The predicted octanol–water partition coefficient (Wildman–Crippen LogP) is 1.96. The Morgan fingerprint density at radius 3 is 2.75 bits per heavy atom. The van der Waals surface area contributed by atoms with E-state index in [0.29, 0.717) is 24.7 Å². The van der Waals surface area contributed by atoms with Crippen LogP contribution < -0.4 is 11.0 Å². The van der Waals surface area contributed by atoms with Crippen LogP contribution in [0.5, 0.6) is 0 Å². The summed E-state index contributed by atoms with van der Waals surface area (Å²) in [5.74, 6) is 0.0544. The second kappa shape index (κ2) is 8.70. The second-order valence-corrected chi connectivity index (χ2v) is 6.36. The number of ether oxygens (including phenoxy) is 1. The van der Waals surface area contributed by atoms with Crippen molar-refractivity contribution in [3.8, 4) is 0 Å². The number of aryl methyl sites for hydroxylation is 2. The Kier molecular flexibility index (Phi) is 6.62. The van der Waals surface area contributed by atoms with Gasteiger partial charge >= 0.3 is 5.69 Å². The summed E-state index contributed by atoms with van der Waals surface area (Å²) in [5.41, 5.74) is 2.60. The van der Waals surface area contributed by atoms with Crippen molar-refractivity contribution in [2.45, 2.75) is 32.0 Å². The summed E-state index contributed by atoms with van der Waals surface area (Å²) in [5, 5.41) is 9.83. The molecule has 0 aliphatic rings. The minimum Gasteiger partial charge on any atom is -0.385 e. The number of para-hydroxylation sites is 1. The normalized spacial score (nSPS) is 10.8. The summed E-state index contributed by atoms with van der Waals surface area (Å²) < 4.78 is 6.51. The lowest BCUT2D eigenvalue weighted by Crippen LogP contribution is -2.20. The van der Waals surface area contributed by atoms with E-state index in [1.54, 1.807) is 7.11 Å². The van der Waals surface area contributed by atoms with Crippen molar-refractivity contribution in [1.82, 2.24) is 14.8 Å².